The van der Waals surface area contributed by atoms with Crippen molar-refractivity contribution in [3.63, 3.8) is 0 Å². The van der Waals surface area contributed by atoms with Crippen molar-refractivity contribution in [3.05, 3.63) is 29.8 Å². The molecule has 1 aliphatic heterocycles. The molecule has 0 spiro atoms. The zero-order chi connectivity index (χ0) is 17.0. The maximum atomic E-state index is 12.7. The number of carbonyl (C=O) groups excluding carboxylic acids is 1. The fourth-order valence-corrected chi connectivity index (χ4v) is 4.27. The number of methoxy groups -OCH3 is 1. The number of benzene rings is 1. The lowest BCUT2D eigenvalue weighted by molar-refractivity contribution is -0.125. The number of amides is 1. The number of nitriles is 1. The third-order valence-electron chi connectivity index (χ3n) is 3.99. The first-order valence-corrected chi connectivity index (χ1v) is 8.59. The van der Waals surface area contributed by atoms with Crippen LogP contribution in [0.1, 0.15) is 5.56 Å². The maximum Gasteiger partial charge on any atom is 0.243 e. The summed E-state index contributed by atoms with van der Waals surface area (Å²) in [6.45, 7) is 0.668. The largest absolute Gasteiger partial charge is 0.384 e. The summed E-state index contributed by atoms with van der Waals surface area (Å²) >= 11 is 0. The molecule has 0 bridgehead atoms. The molecule has 1 fully saturated rings. The Balaban J connectivity index is 2.26. The van der Waals surface area contributed by atoms with E-state index >= 15 is 0 Å². The molecule has 2 unspecified atom stereocenters. The van der Waals surface area contributed by atoms with Gasteiger partial charge in [0.1, 0.15) is 0 Å². The predicted octanol–water partition coefficient (Wildman–Crippen LogP) is 0.187. The van der Waals surface area contributed by atoms with Gasteiger partial charge in [0.2, 0.25) is 15.9 Å². The van der Waals surface area contributed by atoms with Crippen molar-refractivity contribution in [1.29, 1.82) is 5.26 Å². The first-order valence-electron chi connectivity index (χ1n) is 7.15. The molecule has 1 aromatic rings. The van der Waals surface area contributed by atoms with Crippen molar-refractivity contribution >= 4 is 15.9 Å². The van der Waals surface area contributed by atoms with Gasteiger partial charge in [-0.3, -0.25) is 4.79 Å². The molecule has 1 heterocycles. The zero-order valence-electron chi connectivity index (χ0n) is 13.0. The highest BCUT2D eigenvalue weighted by atomic mass is 32.2. The van der Waals surface area contributed by atoms with Crippen LogP contribution < -0.4 is 5.32 Å². The van der Waals surface area contributed by atoms with Gasteiger partial charge in [0.25, 0.3) is 0 Å². The van der Waals surface area contributed by atoms with Crippen LogP contribution in [0.4, 0.5) is 0 Å². The van der Waals surface area contributed by atoms with Gasteiger partial charge in [-0.15, -0.1) is 0 Å². The topological polar surface area (TPSA) is 99.5 Å². The lowest BCUT2D eigenvalue weighted by Gasteiger charge is -2.16. The molecule has 7 nitrogen and oxygen atoms in total. The molecule has 1 amide bonds. The molecular weight excluding hydrogens is 318 g/mol. The van der Waals surface area contributed by atoms with Crippen LogP contribution in [-0.4, -0.2) is 52.5 Å². The van der Waals surface area contributed by atoms with E-state index in [9.17, 15) is 13.2 Å². The quantitative estimate of drug-likeness (QED) is 0.827. The predicted molar refractivity (Wildman–Crippen MR) is 82.8 cm³/mol. The molecule has 0 saturated carbocycles. The van der Waals surface area contributed by atoms with E-state index in [-0.39, 0.29) is 29.8 Å². The number of ether oxygens (including phenoxy) is 1. The van der Waals surface area contributed by atoms with E-state index in [4.69, 9.17) is 10.00 Å². The number of hydrogen-bond donors (Lipinski definition) is 1. The van der Waals surface area contributed by atoms with Gasteiger partial charge >= 0.3 is 0 Å². The monoisotopic (exact) mass is 337 g/mol. The second-order valence-corrected chi connectivity index (χ2v) is 7.33. The molecule has 0 aliphatic carbocycles. The highest BCUT2D eigenvalue weighted by Gasteiger charge is 2.42. The third kappa shape index (κ3) is 3.52. The normalized spacial score (nSPS) is 21.8. The Morgan fingerprint density at radius 3 is 2.57 bits per heavy atom. The number of nitrogens with zero attached hydrogens (tertiary/aromatic N) is 2. The van der Waals surface area contributed by atoms with Crippen molar-refractivity contribution in [2.24, 2.45) is 11.8 Å². The van der Waals surface area contributed by atoms with E-state index in [0.29, 0.717) is 12.2 Å². The molecule has 1 N–H and O–H groups in total. The van der Waals surface area contributed by atoms with Gasteiger partial charge in [0, 0.05) is 33.2 Å². The SMILES string of the molecule is CNC(=O)C1CN(S(=O)(=O)c2ccc(C#N)cc2)CC1COC. The van der Waals surface area contributed by atoms with Crippen LogP contribution in [0.25, 0.3) is 0 Å². The Bertz CT molecular complexity index is 709. The van der Waals surface area contributed by atoms with Crippen LogP contribution in [0.3, 0.4) is 0 Å². The Morgan fingerprint density at radius 2 is 2.04 bits per heavy atom. The summed E-state index contributed by atoms with van der Waals surface area (Å²) in [7, 11) is -0.643. The summed E-state index contributed by atoms with van der Waals surface area (Å²) in [4.78, 5) is 12.1. The van der Waals surface area contributed by atoms with Crippen molar-refractivity contribution in [2.45, 2.75) is 4.90 Å². The minimum atomic E-state index is -3.70. The van der Waals surface area contributed by atoms with Gasteiger partial charge in [0.15, 0.2) is 0 Å². The van der Waals surface area contributed by atoms with Crippen LogP contribution >= 0.6 is 0 Å². The summed E-state index contributed by atoms with van der Waals surface area (Å²) in [5, 5.41) is 11.4. The van der Waals surface area contributed by atoms with Gasteiger partial charge in [-0.05, 0) is 24.3 Å². The average molecular weight is 337 g/mol. The van der Waals surface area contributed by atoms with E-state index in [0.717, 1.165) is 0 Å². The summed E-state index contributed by atoms with van der Waals surface area (Å²) in [5.74, 6) is -0.814. The van der Waals surface area contributed by atoms with Crippen molar-refractivity contribution < 1.29 is 17.9 Å². The summed E-state index contributed by atoms with van der Waals surface area (Å²) in [5.41, 5.74) is 0.394. The van der Waals surface area contributed by atoms with Gasteiger partial charge in [-0.25, -0.2) is 8.42 Å². The fraction of sp³-hybridized carbons (Fsp3) is 0.467. The lowest BCUT2D eigenvalue weighted by Crippen LogP contribution is -2.34. The first-order chi connectivity index (χ1) is 10.9. The van der Waals surface area contributed by atoms with Crippen LogP contribution in [0.5, 0.6) is 0 Å². The molecule has 8 heteroatoms. The van der Waals surface area contributed by atoms with Crippen molar-refractivity contribution in [2.75, 3.05) is 33.9 Å². The van der Waals surface area contributed by atoms with Gasteiger partial charge < -0.3 is 10.1 Å². The van der Waals surface area contributed by atoms with Crippen LogP contribution in [-0.2, 0) is 19.6 Å². The van der Waals surface area contributed by atoms with E-state index in [1.165, 1.54) is 42.7 Å². The molecule has 2 atom stereocenters. The first kappa shape index (κ1) is 17.4. The summed E-state index contributed by atoms with van der Waals surface area (Å²) < 4.78 is 31.8. The summed E-state index contributed by atoms with van der Waals surface area (Å²) in [6.07, 6.45) is 0. The van der Waals surface area contributed by atoms with Crippen LogP contribution in [0.15, 0.2) is 29.2 Å². The lowest BCUT2D eigenvalue weighted by atomic mass is 9.96. The highest BCUT2D eigenvalue weighted by Crippen LogP contribution is 2.29. The molecule has 0 radical (unpaired) electrons. The molecule has 1 aliphatic rings. The fourth-order valence-electron chi connectivity index (χ4n) is 2.74. The number of sulfonamides is 1. The Hall–Kier alpha value is -1.95. The maximum absolute atomic E-state index is 12.7. The Morgan fingerprint density at radius 1 is 1.39 bits per heavy atom. The molecule has 1 saturated heterocycles. The number of hydrogen-bond acceptors (Lipinski definition) is 5. The van der Waals surface area contributed by atoms with Crippen LogP contribution in [0.2, 0.25) is 0 Å². The van der Waals surface area contributed by atoms with E-state index in [1.807, 2.05) is 6.07 Å². The van der Waals surface area contributed by atoms with Gasteiger partial charge in [-0.1, -0.05) is 0 Å². The van der Waals surface area contributed by atoms with E-state index < -0.39 is 15.9 Å². The van der Waals surface area contributed by atoms with E-state index in [2.05, 4.69) is 5.32 Å². The number of nitrogens with one attached hydrogen (secondary N) is 1. The Labute approximate surface area is 135 Å². The number of carbonyl (C=O) groups is 1. The highest BCUT2D eigenvalue weighted by molar-refractivity contribution is 7.89. The van der Waals surface area contributed by atoms with Gasteiger partial charge in [0.05, 0.1) is 29.1 Å². The minimum absolute atomic E-state index is 0.116. The standard InChI is InChI=1S/C15H19N3O4S/c1-17-15(19)14-9-18(8-12(14)10-22-2)23(20,21)13-5-3-11(7-16)4-6-13/h3-6,12,14H,8-10H2,1-2H3,(H,17,19). The summed E-state index contributed by atoms with van der Waals surface area (Å²) in [6, 6.07) is 7.70. The Kier molecular flexibility index (Phi) is 5.36. The molecular formula is C15H19N3O4S. The molecule has 23 heavy (non-hydrogen) atoms. The minimum Gasteiger partial charge on any atom is -0.384 e. The van der Waals surface area contributed by atoms with Crippen molar-refractivity contribution in [1.82, 2.24) is 9.62 Å². The molecule has 2 rings (SSSR count). The van der Waals surface area contributed by atoms with Crippen molar-refractivity contribution in [3.8, 4) is 6.07 Å². The average Bonchev–Trinajstić information content (AvgIpc) is 2.99. The number of rotatable bonds is 5. The zero-order valence-corrected chi connectivity index (χ0v) is 13.8. The van der Waals surface area contributed by atoms with Crippen LogP contribution in [0, 0.1) is 23.2 Å². The smallest absolute Gasteiger partial charge is 0.243 e. The van der Waals surface area contributed by atoms with E-state index in [1.54, 1.807) is 0 Å². The third-order valence-corrected chi connectivity index (χ3v) is 5.84. The molecule has 124 valence electrons. The molecule has 0 aromatic heterocycles. The van der Waals surface area contributed by atoms with Gasteiger partial charge in [-0.2, -0.15) is 9.57 Å². The second-order valence-electron chi connectivity index (χ2n) is 5.39. The molecule has 1 aromatic carbocycles. The second kappa shape index (κ2) is 7.08.